The fourth-order valence-electron chi connectivity index (χ4n) is 2.70. The lowest BCUT2D eigenvalue weighted by atomic mass is 10.0. The van der Waals surface area contributed by atoms with Gasteiger partial charge in [0, 0.05) is 27.7 Å². The van der Waals surface area contributed by atoms with E-state index in [4.69, 9.17) is 16.3 Å². The highest BCUT2D eigenvalue weighted by Gasteiger charge is 2.25. The van der Waals surface area contributed by atoms with Crippen LogP contribution in [0.15, 0.2) is 36.5 Å². The summed E-state index contributed by atoms with van der Waals surface area (Å²) in [5, 5.41) is 1.09. The summed E-state index contributed by atoms with van der Waals surface area (Å²) in [7, 11) is 1.52. The zero-order valence-electron chi connectivity index (χ0n) is 13.0. The van der Waals surface area contributed by atoms with Gasteiger partial charge in [-0.2, -0.15) is 0 Å². The van der Waals surface area contributed by atoms with Crippen molar-refractivity contribution >= 4 is 44.2 Å². The molecule has 1 heterocycles. The lowest BCUT2D eigenvalue weighted by Gasteiger charge is -2.13. The maximum absolute atomic E-state index is 14.0. The molecule has 0 aliphatic rings. The van der Waals surface area contributed by atoms with E-state index in [-0.39, 0.29) is 11.6 Å². The second-order valence-electron chi connectivity index (χ2n) is 5.48. The third-order valence-electron chi connectivity index (χ3n) is 3.85. The number of carbonyl (C=O) groups excluding carboxylic acids is 1. The van der Waals surface area contributed by atoms with Gasteiger partial charge >= 0.3 is 0 Å². The monoisotopic (exact) mass is 409 g/mol. The highest BCUT2D eigenvalue weighted by Crippen LogP contribution is 2.37. The number of benzene rings is 2. The van der Waals surface area contributed by atoms with E-state index in [0.717, 1.165) is 5.56 Å². The van der Waals surface area contributed by atoms with Gasteiger partial charge in [-0.15, -0.1) is 0 Å². The number of alkyl halides is 1. The van der Waals surface area contributed by atoms with Gasteiger partial charge in [-0.1, -0.05) is 33.6 Å². The van der Waals surface area contributed by atoms with Crippen LogP contribution in [0.5, 0.6) is 5.75 Å². The van der Waals surface area contributed by atoms with E-state index in [2.05, 4.69) is 20.9 Å². The minimum absolute atomic E-state index is 0.188. The molecule has 6 heteroatoms. The molecule has 1 atom stereocenters. The average Bonchev–Trinajstić information content (AvgIpc) is 2.97. The molecular formula is C18H14BrClFNO2. The van der Waals surface area contributed by atoms with Crippen molar-refractivity contribution in [2.75, 3.05) is 7.11 Å². The van der Waals surface area contributed by atoms with Crippen molar-refractivity contribution in [3.63, 3.8) is 0 Å². The number of ketones is 1. The summed E-state index contributed by atoms with van der Waals surface area (Å²) < 4.78 is 19.3. The number of aromatic nitrogens is 1. The number of nitrogens with one attached hydrogen (secondary N) is 1. The Kier molecular flexibility index (Phi) is 4.65. The summed E-state index contributed by atoms with van der Waals surface area (Å²) in [5.41, 5.74) is 2.16. The first-order valence-electron chi connectivity index (χ1n) is 7.21. The van der Waals surface area contributed by atoms with Crippen LogP contribution in [0.3, 0.4) is 0 Å². The Hall–Kier alpha value is -1.85. The number of fused-ring (bicyclic) bond motifs is 1. The second-order valence-corrected chi connectivity index (χ2v) is 6.84. The molecule has 1 aromatic heterocycles. The molecule has 0 aliphatic carbocycles. The highest BCUT2D eigenvalue weighted by molar-refractivity contribution is 9.09. The molecule has 0 radical (unpaired) electrons. The summed E-state index contributed by atoms with van der Waals surface area (Å²) in [6.07, 6.45) is 1.53. The van der Waals surface area contributed by atoms with Gasteiger partial charge in [0.2, 0.25) is 0 Å². The van der Waals surface area contributed by atoms with Crippen molar-refractivity contribution < 1.29 is 13.9 Å². The number of halogens is 3. The molecule has 0 fully saturated rings. The molecule has 3 aromatic rings. The van der Waals surface area contributed by atoms with Gasteiger partial charge in [-0.25, -0.2) is 4.39 Å². The van der Waals surface area contributed by atoms with Crippen molar-refractivity contribution in [3.05, 3.63) is 64.1 Å². The fraction of sp³-hybridized carbons (Fsp3) is 0.167. The molecule has 3 nitrogen and oxygen atoms in total. The van der Waals surface area contributed by atoms with E-state index < -0.39 is 4.83 Å². The molecule has 3 rings (SSSR count). The number of rotatable bonds is 4. The van der Waals surface area contributed by atoms with E-state index >= 15 is 0 Å². The van der Waals surface area contributed by atoms with E-state index in [0.29, 0.717) is 32.8 Å². The highest BCUT2D eigenvalue weighted by atomic mass is 79.9. The number of Topliss-reactive ketones (excluding diaryl/α,β-unsaturated/α-hetero) is 1. The van der Waals surface area contributed by atoms with Crippen LogP contribution in [-0.4, -0.2) is 17.9 Å². The third kappa shape index (κ3) is 2.94. The van der Waals surface area contributed by atoms with E-state index in [1.807, 2.05) is 0 Å². The Bertz CT molecular complexity index is 938. The normalized spacial score (nSPS) is 12.4. The second kappa shape index (κ2) is 6.57. The average molecular weight is 411 g/mol. The van der Waals surface area contributed by atoms with Crippen molar-refractivity contribution in [2.45, 2.75) is 11.8 Å². The van der Waals surface area contributed by atoms with Gasteiger partial charge in [-0.05, 0) is 36.8 Å². The molecule has 0 saturated heterocycles. The van der Waals surface area contributed by atoms with E-state index in [9.17, 15) is 9.18 Å². The molecule has 2 aromatic carbocycles. The number of methoxy groups -OCH3 is 1. The summed E-state index contributed by atoms with van der Waals surface area (Å²) in [4.78, 5) is 15.1. The Labute approximate surface area is 151 Å². The van der Waals surface area contributed by atoms with Crippen molar-refractivity contribution in [1.82, 2.24) is 4.98 Å². The third-order valence-corrected chi connectivity index (χ3v) is 4.99. The van der Waals surface area contributed by atoms with Crippen molar-refractivity contribution in [2.24, 2.45) is 0 Å². The van der Waals surface area contributed by atoms with Crippen LogP contribution in [0.2, 0.25) is 5.02 Å². The topological polar surface area (TPSA) is 42.1 Å². The quantitative estimate of drug-likeness (QED) is 0.449. The Morgan fingerprint density at radius 1 is 1.33 bits per heavy atom. The maximum Gasteiger partial charge on any atom is 0.183 e. The predicted octanol–water partition coefficient (Wildman–Crippen LogP) is 5.60. The Balaban J connectivity index is 2.06. The fourth-order valence-corrected chi connectivity index (χ4v) is 3.49. The number of carbonyl (C=O) groups is 1. The summed E-state index contributed by atoms with van der Waals surface area (Å²) >= 11 is 9.40. The zero-order valence-corrected chi connectivity index (χ0v) is 15.3. The molecule has 1 unspecified atom stereocenters. The molecule has 24 heavy (non-hydrogen) atoms. The molecule has 124 valence electrons. The van der Waals surface area contributed by atoms with Crippen molar-refractivity contribution in [3.8, 4) is 5.75 Å². The lowest BCUT2D eigenvalue weighted by Crippen LogP contribution is -2.08. The molecule has 0 bridgehead atoms. The van der Waals surface area contributed by atoms with Crippen LogP contribution >= 0.6 is 27.5 Å². The first-order valence-corrected chi connectivity index (χ1v) is 8.50. The summed E-state index contributed by atoms with van der Waals surface area (Å²) in [6, 6.07) is 8.30. The minimum atomic E-state index is -0.632. The van der Waals surface area contributed by atoms with Crippen molar-refractivity contribution in [1.29, 1.82) is 0 Å². The molecule has 0 spiro atoms. The first-order chi connectivity index (χ1) is 11.4. The number of H-pyrrole nitrogens is 1. The lowest BCUT2D eigenvalue weighted by molar-refractivity contribution is 0.0992. The SMILES string of the molecule is COc1cc(Cl)ccc1C(Br)C(=O)c1c[nH]c2c(F)cc(C)cc12. The van der Waals surface area contributed by atoms with E-state index in [1.165, 1.54) is 19.4 Å². The molecule has 1 N–H and O–H groups in total. The van der Waals surface area contributed by atoms with Crippen LogP contribution in [0.4, 0.5) is 4.39 Å². The zero-order chi connectivity index (χ0) is 17.4. The van der Waals surface area contributed by atoms with Gasteiger partial charge in [-0.3, -0.25) is 4.79 Å². The van der Waals surface area contributed by atoms with Gasteiger partial charge in [0.15, 0.2) is 5.78 Å². The van der Waals surface area contributed by atoms with Crippen LogP contribution in [0, 0.1) is 12.7 Å². The van der Waals surface area contributed by atoms with Crippen LogP contribution in [0.25, 0.3) is 10.9 Å². The summed E-state index contributed by atoms with van der Waals surface area (Å²) in [5.74, 6) is -0.0500. The number of hydrogen-bond donors (Lipinski definition) is 1. The smallest absolute Gasteiger partial charge is 0.183 e. The van der Waals surface area contributed by atoms with Crippen LogP contribution in [-0.2, 0) is 0 Å². The molecular weight excluding hydrogens is 397 g/mol. The number of aromatic amines is 1. The maximum atomic E-state index is 14.0. The van der Waals surface area contributed by atoms with Gasteiger partial charge in [0.1, 0.15) is 16.4 Å². The number of aryl methyl sites for hydroxylation is 1. The predicted molar refractivity (Wildman–Crippen MR) is 97.0 cm³/mol. The molecule has 0 amide bonds. The van der Waals surface area contributed by atoms with Gasteiger partial charge in [0.25, 0.3) is 0 Å². The largest absolute Gasteiger partial charge is 0.496 e. The van der Waals surface area contributed by atoms with Crippen LogP contribution < -0.4 is 4.74 Å². The Morgan fingerprint density at radius 3 is 2.79 bits per heavy atom. The first kappa shape index (κ1) is 17.0. The standard InChI is InChI=1S/C18H14BrClFNO2/c1-9-5-12-13(8-22-17(12)14(21)6-9)18(23)16(19)11-4-3-10(20)7-15(11)24-2/h3-8,16,22H,1-2H3. The van der Waals surface area contributed by atoms with Gasteiger partial charge in [0.05, 0.1) is 12.6 Å². The minimum Gasteiger partial charge on any atom is -0.496 e. The van der Waals surface area contributed by atoms with E-state index in [1.54, 1.807) is 31.2 Å². The number of hydrogen-bond acceptors (Lipinski definition) is 2. The molecule has 0 aliphatic heterocycles. The number of ether oxygens (including phenoxy) is 1. The van der Waals surface area contributed by atoms with Crippen LogP contribution in [0.1, 0.15) is 26.3 Å². The van der Waals surface area contributed by atoms with Gasteiger partial charge < -0.3 is 9.72 Å². The Morgan fingerprint density at radius 2 is 2.08 bits per heavy atom. The summed E-state index contributed by atoms with van der Waals surface area (Å²) in [6.45, 7) is 1.79. The molecule has 0 saturated carbocycles.